The standard InChI is InChI=1S/C20H35NO3.2C2H6/c1-8-11-12-17(9-2)15-20(7,16-22)13-14-21(10-3)18(23)24-19(4,5)6;2*1-2/h8-9,11-12,22H,1,10,13-16H2,2-7H3;2*1-2H3/b12-11-,17-9+;;. The smallest absolute Gasteiger partial charge is 0.410 e. The maximum Gasteiger partial charge on any atom is 0.410 e. The molecule has 4 nitrogen and oxygen atoms in total. The van der Waals surface area contributed by atoms with E-state index >= 15 is 0 Å². The summed E-state index contributed by atoms with van der Waals surface area (Å²) in [6, 6.07) is 0. The summed E-state index contributed by atoms with van der Waals surface area (Å²) in [6.07, 6.45) is 8.83. The van der Waals surface area contributed by atoms with Crippen LogP contribution in [-0.4, -0.2) is 41.4 Å². The lowest BCUT2D eigenvalue weighted by Crippen LogP contribution is -2.39. The largest absolute Gasteiger partial charge is 0.444 e. The molecule has 0 aliphatic heterocycles. The number of carbonyl (C=O) groups excluding carboxylic acids is 1. The zero-order chi connectivity index (χ0) is 22.8. The average Bonchev–Trinajstić information content (AvgIpc) is 2.67. The van der Waals surface area contributed by atoms with Crippen LogP contribution in [0.5, 0.6) is 0 Å². The van der Waals surface area contributed by atoms with Crippen molar-refractivity contribution in [3.05, 3.63) is 36.5 Å². The number of hydrogen-bond acceptors (Lipinski definition) is 3. The summed E-state index contributed by atoms with van der Waals surface area (Å²) in [6.45, 7) is 24.4. The first-order valence-corrected chi connectivity index (χ1v) is 10.6. The first-order valence-electron chi connectivity index (χ1n) is 10.6. The van der Waals surface area contributed by atoms with Gasteiger partial charge in [-0.1, -0.05) is 71.1 Å². The van der Waals surface area contributed by atoms with Gasteiger partial charge in [-0.2, -0.15) is 0 Å². The van der Waals surface area contributed by atoms with Crippen LogP contribution in [0.2, 0.25) is 0 Å². The maximum atomic E-state index is 12.2. The summed E-state index contributed by atoms with van der Waals surface area (Å²) in [5.41, 5.74) is 0.355. The van der Waals surface area contributed by atoms with Crippen molar-refractivity contribution in [2.75, 3.05) is 19.7 Å². The van der Waals surface area contributed by atoms with Gasteiger partial charge in [0.15, 0.2) is 0 Å². The second-order valence-corrected chi connectivity index (χ2v) is 7.41. The molecule has 0 rings (SSSR count). The van der Waals surface area contributed by atoms with E-state index in [1.165, 1.54) is 0 Å². The van der Waals surface area contributed by atoms with Crippen LogP contribution in [0.15, 0.2) is 36.5 Å². The van der Waals surface area contributed by atoms with Crippen molar-refractivity contribution in [2.24, 2.45) is 5.41 Å². The molecule has 0 saturated carbocycles. The lowest BCUT2D eigenvalue weighted by atomic mass is 9.80. The highest BCUT2D eigenvalue weighted by atomic mass is 16.6. The summed E-state index contributed by atoms with van der Waals surface area (Å²) in [5, 5.41) is 9.86. The quantitative estimate of drug-likeness (QED) is 0.437. The van der Waals surface area contributed by atoms with E-state index in [4.69, 9.17) is 4.74 Å². The highest BCUT2D eigenvalue weighted by molar-refractivity contribution is 5.68. The normalized spacial score (nSPS) is 13.5. The second kappa shape index (κ2) is 17.5. The maximum absolute atomic E-state index is 12.2. The van der Waals surface area contributed by atoms with Crippen molar-refractivity contribution in [3.8, 4) is 0 Å². The molecule has 28 heavy (non-hydrogen) atoms. The highest BCUT2D eigenvalue weighted by Crippen LogP contribution is 2.30. The Kier molecular flexibility index (Phi) is 19.5. The number of aliphatic hydroxyl groups excluding tert-OH is 1. The van der Waals surface area contributed by atoms with Gasteiger partial charge in [-0.15, -0.1) is 0 Å². The van der Waals surface area contributed by atoms with Crippen LogP contribution >= 0.6 is 0 Å². The van der Waals surface area contributed by atoms with E-state index in [0.717, 1.165) is 12.0 Å². The van der Waals surface area contributed by atoms with Crippen molar-refractivity contribution in [1.29, 1.82) is 0 Å². The minimum absolute atomic E-state index is 0.0676. The molecule has 0 spiro atoms. The molecule has 1 atom stereocenters. The monoisotopic (exact) mass is 397 g/mol. The molecule has 0 aliphatic rings. The molecule has 0 bridgehead atoms. The molecule has 0 fully saturated rings. The molecule has 1 N–H and O–H groups in total. The predicted octanol–water partition coefficient (Wildman–Crippen LogP) is 6.76. The zero-order valence-corrected chi connectivity index (χ0v) is 20.3. The van der Waals surface area contributed by atoms with E-state index in [2.05, 4.69) is 6.58 Å². The van der Waals surface area contributed by atoms with Crippen LogP contribution in [0, 0.1) is 5.41 Å². The van der Waals surface area contributed by atoms with Crippen molar-refractivity contribution >= 4 is 6.09 Å². The van der Waals surface area contributed by atoms with E-state index in [1.807, 2.05) is 87.5 Å². The molecule has 0 heterocycles. The third-order valence-corrected chi connectivity index (χ3v) is 3.85. The minimum Gasteiger partial charge on any atom is -0.444 e. The SMILES string of the molecule is C=C/C=C\C(=C/C)CC(C)(CO)CCN(CC)C(=O)OC(C)(C)C.CC.CC. The summed E-state index contributed by atoms with van der Waals surface area (Å²) in [4.78, 5) is 13.9. The van der Waals surface area contributed by atoms with Crippen LogP contribution in [0.3, 0.4) is 0 Å². The number of ether oxygens (including phenoxy) is 1. The molecular formula is C24H47NO3. The first-order chi connectivity index (χ1) is 13.1. The molecule has 0 saturated heterocycles. The molecule has 4 heteroatoms. The molecule has 1 amide bonds. The van der Waals surface area contributed by atoms with Gasteiger partial charge < -0.3 is 14.7 Å². The highest BCUT2D eigenvalue weighted by Gasteiger charge is 2.27. The van der Waals surface area contributed by atoms with Crippen LogP contribution < -0.4 is 0 Å². The number of hydrogen-bond donors (Lipinski definition) is 1. The molecule has 0 aromatic carbocycles. The van der Waals surface area contributed by atoms with Crippen LogP contribution in [0.25, 0.3) is 0 Å². The number of aliphatic hydroxyl groups is 1. The van der Waals surface area contributed by atoms with Gasteiger partial charge in [-0.05, 0) is 52.9 Å². The zero-order valence-electron chi connectivity index (χ0n) is 20.3. The van der Waals surface area contributed by atoms with Gasteiger partial charge >= 0.3 is 6.09 Å². The van der Waals surface area contributed by atoms with Gasteiger partial charge in [0.2, 0.25) is 0 Å². The Morgan fingerprint density at radius 2 is 1.68 bits per heavy atom. The van der Waals surface area contributed by atoms with Crippen molar-refractivity contribution < 1.29 is 14.6 Å². The van der Waals surface area contributed by atoms with Crippen LogP contribution in [0.1, 0.15) is 82.1 Å². The fraction of sp³-hybridized carbons (Fsp3) is 0.708. The van der Waals surface area contributed by atoms with Gasteiger partial charge in [-0.3, -0.25) is 0 Å². The van der Waals surface area contributed by atoms with Gasteiger partial charge in [0.25, 0.3) is 0 Å². The number of nitrogens with zero attached hydrogens (tertiary/aromatic N) is 1. The third-order valence-electron chi connectivity index (χ3n) is 3.85. The Morgan fingerprint density at radius 1 is 1.14 bits per heavy atom. The Labute approximate surface area is 175 Å². The molecular weight excluding hydrogens is 350 g/mol. The molecule has 0 aromatic rings. The van der Waals surface area contributed by atoms with E-state index in [9.17, 15) is 9.90 Å². The Morgan fingerprint density at radius 3 is 2.04 bits per heavy atom. The van der Waals surface area contributed by atoms with Crippen molar-refractivity contribution in [3.63, 3.8) is 0 Å². The Balaban J connectivity index is -0.00000146. The fourth-order valence-corrected chi connectivity index (χ4v) is 2.27. The Hall–Kier alpha value is -1.55. The minimum atomic E-state index is -0.502. The summed E-state index contributed by atoms with van der Waals surface area (Å²) >= 11 is 0. The van der Waals surface area contributed by atoms with E-state index in [1.54, 1.807) is 11.0 Å². The van der Waals surface area contributed by atoms with E-state index in [-0.39, 0.29) is 18.1 Å². The first kappa shape index (κ1) is 31.2. The second-order valence-electron chi connectivity index (χ2n) is 7.41. The molecule has 0 radical (unpaired) electrons. The van der Waals surface area contributed by atoms with Crippen LogP contribution in [0.4, 0.5) is 4.79 Å². The number of allylic oxidation sites excluding steroid dienone is 5. The summed E-state index contributed by atoms with van der Waals surface area (Å²) in [7, 11) is 0. The van der Waals surface area contributed by atoms with E-state index in [0.29, 0.717) is 19.5 Å². The lowest BCUT2D eigenvalue weighted by molar-refractivity contribution is 0.0218. The molecule has 166 valence electrons. The number of carbonyl (C=O) groups is 1. The fourth-order valence-electron chi connectivity index (χ4n) is 2.27. The number of amides is 1. The topological polar surface area (TPSA) is 49.8 Å². The van der Waals surface area contributed by atoms with Gasteiger partial charge in [0.1, 0.15) is 5.60 Å². The molecule has 1 unspecified atom stereocenters. The third kappa shape index (κ3) is 15.5. The lowest BCUT2D eigenvalue weighted by Gasteiger charge is -2.32. The Bertz CT molecular complexity index is 461. The average molecular weight is 398 g/mol. The van der Waals surface area contributed by atoms with Gasteiger partial charge in [0, 0.05) is 19.7 Å². The summed E-state index contributed by atoms with van der Waals surface area (Å²) in [5.74, 6) is 0. The van der Waals surface area contributed by atoms with Crippen molar-refractivity contribution in [2.45, 2.75) is 87.7 Å². The van der Waals surface area contributed by atoms with Gasteiger partial charge in [-0.25, -0.2) is 4.79 Å². The van der Waals surface area contributed by atoms with Gasteiger partial charge in [0.05, 0.1) is 0 Å². The summed E-state index contributed by atoms with van der Waals surface area (Å²) < 4.78 is 5.44. The van der Waals surface area contributed by atoms with Crippen LogP contribution in [-0.2, 0) is 4.74 Å². The number of rotatable bonds is 9. The van der Waals surface area contributed by atoms with Crippen molar-refractivity contribution in [1.82, 2.24) is 4.90 Å². The molecule has 0 aromatic heterocycles. The molecule has 0 aliphatic carbocycles. The van der Waals surface area contributed by atoms with E-state index < -0.39 is 5.60 Å². The predicted molar refractivity (Wildman–Crippen MR) is 124 cm³/mol.